The molecule has 0 aliphatic carbocycles. The molecule has 106 valence electrons. The first-order valence-electron chi connectivity index (χ1n) is 5.37. The van der Waals surface area contributed by atoms with Crippen molar-refractivity contribution in [2.45, 2.75) is 6.18 Å². The van der Waals surface area contributed by atoms with Crippen LogP contribution < -0.4 is 10.5 Å². The maximum atomic E-state index is 12.9. The van der Waals surface area contributed by atoms with E-state index < -0.39 is 11.7 Å². The highest BCUT2D eigenvalue weighted by molar-refractivity contribution is 9.10. The number of rotatable bonds is 2. The normalized spacial score (nSPS) is 11.4. The van der Waals surface area contributed by atoms with Crippen molar-refractivity contribution < 1.29 is 17.9 Å². The lowest BCUT2D eigenvalue weighted by atomic mass is 10.2. The van der Waals surface area contributed by atoms with Crippen molar-refractivity contribution >= 4 is 33.2 Å². The zero-order valence-electron chi connectivity index (χ0n) is 9.84. The summed E-state index contributed by atoms with van der Waals surface area (Å²) < 4.78 is 44.4. The highest BCUT2D eigenvalue weighted by Gasteiger charge is 2.34. The van der Waals surface area contributed by atoms with E-state index in [0.717, 1.165) is 6.07 Å². The minimum atomic E-state index is -4.53. The minimum Gasteiger partial charge on any atom is -0.455 e. The van der Waals surface area contributed by atoms with E-state index in [4.69, 9.17) is 22.1 Å². The van der Waals surface area contributed by atoms with Gasteiger partial charge in [0, 0.05) is 9.50 Å². The zero-order valence-corrected chi connectivity index (χ0v) is 12.2. The fourth-order valence-electron chi connectivity index (χ4n) is 1.54. The second-order valence-electron chi connectivity index (χ2n) is 3.92. The van der Waals surface area contributed by atoms with Crippen LogP contribution in [0.1, 0.15) is 5.56 Å². The Morgan fingerprint density at radius 3 is 2.30 bits per heavy atom. The van der Waals surface area contributed by atoms with Crippen LogP contribution in [-0.4, -0.2) is 0 Å². The minimum absolute atomic E-state index is 0.113. The van der Waals surface area contributed by atoms with Crippen molar-refractivity contribution in [2.75, 3.05) is 5.73 Å². The second-order valence-corrected chi connectivity index (χ2v) is 5.27. The standard InChI is InChI=1S/C13H8BrClF3NO/c14-7-1-3-11(9(5-7)13(16,17)18)20-12-4-2-8(15)6-10(12)19/h1-6H,19H2. The van der Waals surface area contributed by atoms with Gasteiger partial charge in [0.1, 0.15) is 11.5 Å². The van der Waals surface area contributed by atoms with Crippen molar-refractivity contribution in [1.29, 1.82) is 0 Å². The molecule has 0 fully saturated rings. The van der Waals surface area contributed by atoms with Crippen molar-refractivity contribution in [2.24, 2.45) is 0 Å². The van der Waals surface area contributed by atoms with Crippen LogP contribution in [0.3, 0.4) is 0 Å². The van der Waals surface area contributed by atoms with Crippen LogP contribution in [0.25, 0.3) is 0 Å². The fourth-order valence-corrected chi connectivity index (χ4v) is 2.09. The van der Waals surface area contributed by atoms with E-state index in [0.29, 0.717) is 9.50 Å². The van der Waals surface area contributed by atoms with Crippen molar-refractivity contribution in [1.82, 2.24) is 0 Å². The Bertz CT molecular complexity index is 646. The molecule has 0 unspecified atom stereocenters. The molecule has 0 radical (unpaired) electrons. The molecule has 2 nitrogen and oxygen atoms in total. The van der Waals surface area contributed by atoms with Crippen LogP contribution in [0.5, 0.6) is 11.5 Å². The summed E-state index contributed by atoms with van der Waals surface area (Å²) in [7, 11) is 0. The summed E-state index contributed by atoms with van der Waals surface area (Å²) in [5, 5.41) is 0.377. The van der Waals surface area contributed by atoms with Gasteiger partial charge in [-0.3, -0.25) is 0 Å². The van der Waals surface area contributed by atoms with Gasteiger partial charge >= 0.3 is 6.18 Å². The molecular weight excluding hydrogens is 358 g/mol. The zero-order chi connectivity index (χ0) is 14.9. The summed E-state index contributed by atoms with van der Waals surface area (Å²) in [6.07, 6.45) is -4.53. The van der Waals surface area contributed by atoms with E-state index in [1.165, 1.54) is 30.3 Å². The van der Waals surface area contributed by atoms with E-state index in [1.54, 1.807) is 0 Å². The second kappa shape index (κ2) is 5.54. The average molecular weight is 367 g/mol. The average Bonchev–Trinajstić information content (AvgIpc) is 2.33. The Labute approximate surface area is 126 Å². The maximum absolute atomic E-state index is 12.9. The Balaban J connectivity index is 2.43. The first-order chi connectivity index (χ1) is 9.27. The predicted molar refractivity (Wildman–Crippen MR) is 75.1 cm³/mol. The molecule has 7 heteroatoms. The molecule has 0 atom stereocenters. The number of hydrogen-bond donors (Lipinski definition) is 1. The molecule has 2 aromatic rings. The van der Waals surface area contributed by atoms with Gasteiger partial charge in [-0.2, -0.15) is 13.2 Å². The summed E-state index contributed by atoms with van der Waals surface area (Å²) in [4.78, 5) is 0. The van der Waals surface area contributed by atoms with Gasteiger partial charge in [-0.25, -0.2) is 0 Å². The number of halogens is 5. The Hall–Kier alpha value is -1.40. The lowest BCUT2D eigenvalue weighted by Crippen LogP contribution is -2.07. The monoisotopic (exact) mass is 365 g/mol. The fraction of sp³-hybridized carbons (Fsp3) is 0.0769. The van der Waals surface area contributed by atoms with Crippen LogP contribution in [0.15, 0.2) is 40.9 Å². The molecule has 0 bridgehead atoms. The molecular formula is C13H8BrClF3NO. The molecule has 0 aliphatic rings. The summed E-state index contributed by atoms with van der Waals surface area (Å²) in [6, 6.07) is 7.93. The Morgan fingerprint density at radius 1 is 1.05 bits per heavy atom. The van der Waals surface area contributed by atoms with E-state index in [9.17, 15) is 13.2 Å². The molecule has 0 saturated heterocycles. The van der Waals surface area contributed by atoms with Crippen LogP contribution in [0.2, 0.25) is 5.02 Å². The van der Waals surface area contributed by atoms with Crippen LogP contribution in [-0.2, 0) is 6.18 Å². The number of ether oxygens (including phenoxy) is 1. The lowest BCUT2D eigenvalue weighted by Gasteiger charge is -2.15. The summed E-state index contributed by atoms with van der Waals surface area (Å²) in [5.74, 6) is -0.211. The largest absolute Gasteiger partial charge is 0.455 e. The van der Waals surface area contributed by atoms with E-state index in [-0.39, 0.29) is 17.2 Å². The smallest absolute Gasteiger partial charge is 0.420 e. The van der Waals surface area contributed by atoms with Gasteiger partial charge in [0.25, 0.3) is 0 Å². The highest BCUT2D eigenvalue weighted by atomic mass is 79.9. The Kier molecular flexibility index (Phi) is 4.15. The number of benzene rings is 2. The molecule has 2 N–H and O–H groups in total. The van der Waals surface area contributed by atoms with Gasteiger partial charge < -0.3 is 10.5 Å². The first-order valence-corrected chi connectivity index (χ1v) is 6.54. The van der Waals surface area contributed by atoms with E-state index in [1.807, 2.05) is 0 Å². The van der Waals surface area contributed by atoms with Crippen molar-refractivity contribution in [3.63, 3.8) is 0 Å². The molecule has 0 aliphatic heterocycles. The van der Waals surface area contributed by atoms with Crippen molar-refractivity contribution in [3.05, 3.63) is 51.5 Å². The maximum Gasteiger partial charge on any atom is 0.420 e. The third kappa shape index (κ3) is 3.37. The van der Waals surface area contributed by atoms with Gasteiger partial charge in [-0.1, -0.05) is 27.5 Å². The number of anilines is 1. The van der Waals surface area contributed by atoms with Gasteiger partial charge in [0.2, 0.25) is 0 Å². The molecule has 0 spiro atoms. The summed E-state index contributed by atoms with van der Waals surface area (Å²) in [6.45, 7) is 0. The third-order valence-corrected chi connectivity index (χ3v) is 3.17. The van der Waals surface area contributed by atoms with E-state index >= 15 is 0 Å². The SMILES string of the molecule is Nc1cc(Cl)ccc1Oc1ccc(Br)cc1C(F)(F)F. The molecule has 0 saturated carbocycles. The first kappa shape index (κ1) is 15.0. The highest BCUT2D eigenvalue weighted by Crippen LogP contribution is 2.40. The van der Waals surface area contributed by atoms with Gasteiger partial charge in [-0.05, 0) is 36.4 Å². The molecule has 0 aromatic heterocycles. The quantitative estimate of drug-likeness (QED) is 0.713. The molecule has 2 aromatic carbocycles. The predicted octanol–water partition coefficient (Wildman–Crippen LogP) is 5.50. The van der Waals surface area contributed by atoms with Crippen LogP contribution >= 0.6 is 27.5 Å². The van der Waals surface area contributed by atoms with E-state index in [2.05, 4.69) is 15.9 Å². The van der Waals surface area contributed by atoms with Crippen molar-refractivity contribution in [3.8, 4) is 11.5 Å². The topological polar surface area (TPSA) is 35.2 Å². The Morgan fingerprint density at radius 2 is 1.70 bits per heavy atom. The third-order valence-electron chi connectivity index (χ3n) is 2.44. The summed E-state index contributed by atoms with van der Waals surface area (Å²) >= 11 is 8.72. The number of nitrogen functional groups attached to an aromatic ring is 1. The molecule has 2 rings (SSSR count). The van der Waals surface area contributed by atoms with Gasteiger partial charge in [-0.15, -0.1) is 0 Å². The number of nitrogens with two attached hydrogens (primary N) is 1. The van der Waals surface area contributed by atoms with Crippen LogP contribution in [0.4, 0.5) is 18.9 Å². The number of alkyl halides is 3. The summed E-state index contributed by atoms with van der Waals surface area (Å²) in [5.41, 5.74) is 4.93. The molecule has 0 amide bonds. The lowest BCUT2D eigenvalue weighted by molar-refractivity contribution is -0.138. The number of hydrogen-bond acceptors (Lipinski definition) is 2. The van der Waals surface area contributed by atoms with Crippen LogP contribution in [0, 0.1) is 0 Å². The van der Waals surface area contributed by atoms with Gasteiger partial charge in [0.15, 0.2) is 0 Å². The molecule has 0 heterocycles. The van der Waals surface area contributed by atoms with Gasteiger partial charge in [0.05, 0.1) is 11.3 Å². The molecule has 20 heavy (non-hydrogen) atoms.